The normalized spacial score (nSPS) is 14.6. The van der Waals surface area contributed by atoms with Gasteiger partial charge in [0.2, 0.25) is 0 Å². The molecule has 3 aromatic rings. The van der Waals surface area contributed by atoms with Gasteiger partial charge in [-0.2, -0.15) is 18.3 Å². The molecule has 7 nitrogen and oxygen atoms in total. The van der Waals surface area contributed by atoms with Crippen molar-refractivity contribution in [2.24, 2.45) is 0 Å². The predicted octanol–water partition coefficient (Wildman–Crippen LogP) is 5.57. The molecule has 10 heteroatoms. The van der Waals surface area contributed by atoms with E-state index in [1.165, 1.54) is 12.1 Å². The molecule has 1 aromatic carbocycles. The second-order valence-electron chi connectivity index (χ2n) is 8.34. The van der Waals surface area contributed by atoms with E-state index in [1.54, 1.807) is 32.2 Å². The second kappa shape index (κ2) is 12.1. The van der Waals surface area contributed by atoms with E-state index in [2.05, 4.69) is 40.1 Å². The number of aromatic amines is 1. The van der Waals surface area contributed by atoms with E-state index in [-0.39, 0.29) is 23.2 Å². The van der Waals surface area contributed by atoms with Crippen molar-refractivity contribution in [2.75, 3.05) is 5.32 Å². The fraction of sp³-hybridized carbons (Fsp3) is 0.400. The maximum absolute atomic E-state index is 13.5. The summed E-state index contributed by atoms with van der Waals surface area (Å²) in [6.07, 6.45) is 9.49. The summed E-state index contributed by atoms with van der Waals surface area (Å²) in [6, 6.07) is 6.06. The van der Waals surface area contributed by atoms with Crippen LogP contribution >= 0.6 is 0 Å². The number of terminal acetylenes is 1. The van der Waals surface area contributed by atoms with Crippen molar-refractivity contribution in [3.63, 3.8) is 0 Å². The Kier molecular flexibility index (Phi) is 9.50. The summed E-state index contributed by atoms with van der Waals surface area (Å²) >= 11 is 0. The minimum absolute atomic E-state index is 0.131. The predicted molar refractivity (Wildman–Crippen MR) is 131 cm³/mol. The van der Waals surface area contributed by atoms with Crippen LogP contribution in [-0.2, 0) is 0 Å². The monoisotopic (exact) mass is 486 g/mol. The number of H-pyrrole nitrogens is 1. The summed E-state index contributed by atoms with van der Waals surface area (Å²) in [5.74, 6) is 0.407. The minimum Gasteiger partial charge on any atom is -0.338 e. The molecule has 4 rings (SSSR count). The van der Waals surface area contributed by atoms with Gasteiger partial charge in [-0.1, -0.05) is 38.8 Å². The number of fused-ring (bicyclic) bond motifs is 1. The maximum atomic E-state index is 13.5. The number of hydrogen-bond acceptors (Lipinski definition) is 5. The quantitative estimate of drug-likeness (QED) is 0.396. The number of alkyl halides is 3. The molecule has 2 heterocycles. The Bertz CT molecular complexity index is 1180. The largest absolute Gasteiger partial charge is 0.407 e. The van der Waals surface area contributed by atoms with Crippen LogP contribution in [0.2, 0.25) is 0 Å². The van der Waals surface area contributed by atoms with E-state index in [9.17, 15) is 18.0 Å². The molecule has 0 aliphatic heterocycles. The molecule has 0 bridgehead atoms. The molecule has 2 aromatic heterocycles. The molecule has 186 valence electrons. The van der Waals surface area contributed by atoms with Gasteiger partial charge in [0.25, 0.3) is 5.56 Å². The highest BCUT2D eigenvalue weighted by Gasteiger charge is 2.40. The number of nitrogens with zero attached hydrogens (tertiary/aromatic N) is 3. The summed E-state index contributed by atoms with van der Waals surface area (Å²) in [5.41, 5.74) is 1.20. The van der Waals surface area contributed by atoms with Gasteiger partial charge < -0.3 is 15.6 Å². The van der Waals surface area contributed by atoms with Crippen molar-refractivity contribution in [3.8, 4) is 19.4 Å². The van der Waals surface area contributed by atoms with E-state index in [4.69, 9.17) is 5.26 Å². The lowest BCUT2D eigenvalue weighted by Gasteiger charge is -2.24. The van der Waals surface area contributed by atoms with Crippen LogP contribution < -0.4 is 16.2 Å². The van der Waals surface area contributed by atoms with Crippen LogP contribution in [-0.4, -0.2) is 27.0 Å². The number of anilines is 2. The van der Waals surface area contributed by atoms with E-state index >= 15 is 0 Å². The Hall–Kier alpha value is -3.76. The highest BCUT2D eigenvalue weighted by Crippen LogP contribution is 2.35. The van der Waals surface area contributed by atoms with Crippen LogP contribution in [0.4, 0.5) is 24.7 Å². The van der Waals surface area contributed by atoms with Crippen LogP contribution in [0.5, 0.6) is 0 Å². The molecule has 1 saturated carbocycles. The maximum Gasteiger partial charge on any atom is 0.407 e. The molecule has 1 fully saturated rings. The molecule has 0 amide bonds. The number of nitriles is 1. The SMILES string of the molecule is C#C.C#N.CC(C)NC(c1ccc(Nc2nn(C3CCCC3)c3cc[nH]c(=O)c23)cc1)C(F)(F)F. The van der Waals surface area contributed by atoms with Gasteiger partial charge in [0, 0.05) is 24.5 Å². The molecule has 1 atom stereocenters. The number of hydrogen-bond donors (Lipinski definition) is 3. The van der Waals surface area contributed by atoms with Crippen molar-refractivity contribution in [1.82, 2.24) is 20.1 Å². The Morgan fingerprint density at radius 1 is 1.11 bits per heavy atom. The number of benzene rings is 1. The third-order valence-electron chi connectivity index (χ3n) is 5.63. The number of nitrogens with one attached hydrogen (secondary N) is 3. The first-order valence-corrected chi connectivity index (χ1v) is 11.1. The van der Waals surface area contributed by atoms with Crippen molar-refractivity contribution >= 4 is 22.4 Å². The molecule has 1 unspecified atom stereocenters. The molecular formula is C25H29F3N6O. The van der Waals surface area contributed by atoms with Gasteiger partial charge in [-0.05, 0) is 36.6 Å². The average molecular weight is 487 g/mol. The highest BCUT2D eigenvalue weighted by atomic mass is 19.4. The van der Waals surface area contributed by atoms with Crippen LogP contribution in [0.3, 0.4) is 0 Å². The first kappa shape index (κ1) is 27.5. The third-order valence-corrected chi connectivity index (χ3v) is 5.63. The molecule has 3 N–H and O–H groups in total. The van der Waals surface area contributed by atoms with Gasteiger partial charge in [-0.25, -0.2) is 5.26 Å². The fourth-order valence-corrected chi connectivity index (χ4v) is 4.22. The Balaban J connectivity index is 0.00000103. The van der Waals surface area contributed by atoms with Crippen LogP contribution in [0.15, 0.2) is 41.3 Å². The zero-order valence-electron chi connectivity index (χ0n) is 19.6. The van der Waals surface area contributed by atoms with Gasteiger partial charge in [0.05, 0.1) is 11.6 Å². The van der Waals surface area contributed by atoms with Crippen molar-refractivity contribution in [2.45, 2.75) is 63.8 Å². The summed E-state index contributed by atoms with van der Waals surface area (Å²) in [7, 11) is 0. The number of halogens is 3. The second-order valence-corrected chi connectivity index (χ2v) is 8.34. The number of pyridine rings is 1. The Morgan fingerprint density at radius 2 is 1.71 bits per heavy atom. The topological polar surface area (TPSA) is 98.5 Å². The summed E-state index contributed by atoms with van der Waals surface area (Å²) in [6.45, 7) is 6.86. The van der Waals surface area contributed by atoms with Gasteiger partial charge in [0.15, 0.2) is 5.82 Å². The smallest absolute Gasteiger partial charge is 0.338 e. The summed E-state index contributed by atoms with van der Waals surface area (Å²) in [4.78, 5) is 15.2. The first-order valence-electron chi connectivity index (χ1n) is 11.1. The highest BCUT2D eigenvalue weighted by molar-refractivity contribution is 5.91. The molecule has 35 heavy (non-hydrogen) atoms. The van der Waals surface area contributed by atoms with Gasteiger partial charge in [-0.15, -0.1) is 12.8 Å². The van der Waals surface area contributed by atoms with Gasteiger partial charge in [0.1, 0.15) is 11.4 Å². The van der Waals surface area contributed by atoms with E-state index in [0.717, 1.165) is 31.2 Å². The lowest BCUT2D eigenvalue weighted by Crippen LogP contribution is -2.38. The van der Waals surface area contributed by atoms with E-state index in [0.29, 0.717) is 16.9 Å². The van der Waals surface area contributed by atoms with Crippen molar-refractivity contribution < 1.29 is 13.2 Å². The van der Waals surface area contributed by atoms with Crippen LogP contribution in [0.1, 0.15) is 57.2 Å². The lowest BCUT2D eigenvalue weighted by molar-refractivity contribution is -0.159. The Labute approximate surface area is 202 Å². The van der Waals surface area contributed by atoms with Crippen LogP contribution in [0.25, 0.3) is 10.9 Å². The molecule has 0 radical (unpaired) electrons. The molecule has 1 aliphatic carbocycles. The van der Waals surface area contributed by atoms with E-state index in [1.807, 2.05) is 10.7 Å². The molecule has 1 aliphatic rings. The fourth-order valence-electron chi connectivity index (χ4n) is 4.22. The van der Waals surface area contributed by atoms with Gasteiger partial charge in [-0.3, -0.25) is 9.48 Å². The Morgan fingerprint density at radius 3 is 2.26 bits per heavy atom. The third kappa shape index (κ3) is 6.43. The number of aromatic nitrogens is 3. The summed E-state index contributed by atoms with van der Waals surface area (Å²) < 4.78 is 42.3. The zero-order valence-corrected chi connectivity index (χ0v) is 19.6. The summed E-state index contributed by atoms with van der Waals surface area (Å²) in [5, 5.41) is 17.3. The van der Waals surface area contributed by atoms with Crippen molar-refractivity contribution in [1.29, 1.82) is 5.26 Å². The van der Waals surface area contributed by atoms with Crippen LogP contribution in [0, 0.1) is 24.7 Å². The number of rotatable bonds is 6. The molecule has 0 saturated heterocycles. The standard InChI is InChI=1S/C22H26F3N5O.C2H2.CHN/c1-13(2)27-19(22(23,24)25)14-7-9-15(10-8-14)28-20-18-17(11-12-26-21(18)31)30(29-20)16-5-3-4-6-16;2*1-2/h7-13,16,19,27H,3-6H2,1-2H3,(H,26,31)(H,28,29);1-2H;1H. The van der Waals surface area contributed by atoms with E-state index < -0.39 is 12.2 Å². The average Bonchev–Trinajstić information content (AvgIpc) is 3.49. The molecule has 0 spiro atoms. The first-order chi connectivity index (χ1) is 16.7. The minimum atomic E-state index is -4.40. The zero-order chi connectivity index (χ0) is 26.2. The lowest BCUT2D eigenvalue weighted by atomic mass is 10.1. The molecular weight excluding hydrogens is 457 g/mol. The van der Waals surface area contributed by atoms with Gasteiger partial charge >= 0.3 is 6.18 Å². The van der Waals surface area contributed by atoms with Crippen molar-refractivity contribution in [3.05, 3.63) is 52.4 Å².